The highest BCUT2D eigenvalue weighted by atomic mass is 16.1. The number of pyridine rings is 2. The van der Waals surface area contributed by atoms with E-state index in [4.69, 9.17) is 4.98 Å². The Kier molecular flexibility index (Phi) is 6.63. The number of hydrazone groups is 1. The zero-order valence-electron chi connectivity index (χ0n) is 20.1. The molecule has 34 heavy (non-hydrogen) atoms. The molecular formula is C27H34N6O. The zero-order valence-corrected chi connectivity index (χ0v) is 20.1. The van der Waals surface area contributed by atoms with Crippen LogP contribution in [0.4, 0.5) is 11.5 Å². The van der Waals surface area contributed by atoms with Crippen LogP contribution in [0.1, 0.15) is 56.2 Å². The van der Waals surface area contributed by atoms with Crippen molar-refractivity contribution in [1.82, 2.24) is 20.3 Å². The van der Waals surface area contributed by atoms with Gasteiger partial charge in [0.15, 0.2) is 0 Å². The second-order valence-electron chi connectivity index (χ2n) is 9.90. The Bertz CT molecular complexity index is 1210. The van der Waals surface area contributed by atoms with Gasteiger partial charge in [-0.2, -0.15) is 5.10 Å². The molecule has 2 aliphatic heterocycles. The van der Waals surface area contributed by atoms with Crippen molar-refractivity contribution in [3.05, 3.63) is 64.2 Å². The summed E-state index contributed by atoms with van der Waals surface area (Å²) in [7, 11) is 0. The smallest absolute Gasteiger partial charge is 0.259 e. The van der Waals surface area contributed by atoms with E-state index in [1.165, 1.54) is 18.4 Å². The van der Waals surface area contributed by atoms with Gasteiger partial charge in [0.1, 0.15) is 5.82 Å². The lowest BCUT2D eigenvalue weighted by atomic mass is 9.90. The van der Waals surface area contributed by atoms with Gasteiger partial charge in [-0.15, -0.1) is 0 Å². The van der Waals surface area contributed by atoms with Gasteiger partial charge < -0.3 is 15.6 Å². The van der Waals surface area contributed by atoms with E-state index in [9.17, 15) is 4.79 Å². The van der Waals surface area contributed by atoms with Crippen molar-refractivity contribution in [1.29, 1.82) is 0 Å². The first-order valence-corrected chi connectivity index (χ1v) is 12.5. The number of hydrogen-bond acceptors (Lipinski definition) is 6. The van der Waals surface area contributed by atoms with Crippen LogP contribution >= 0.6 is 0 Å². The molecule has 178 valence electrons. The first-order valence-electron chi connectivity index (χ1n) is 12.5. The Balaban J connectivity index is 1.40. The number of hydrogen-bond donors (Lipinski definition) is 3. The lowest BCUT2D eigenvalue weighted by Gasteiger charge is -2.23. The average Bonchev–Trinajstić information content (AvgIpc) is 3.33. The number of benzene rings is 1. The topological polar surface area (TPSA) is 85.4 Å². The van der Waals surface area contributed by atoms with E-state index in [1.807, 2.05) is 18.3 Å². The molecule has 3 aromatic rings. The van der Waals surface area contributed by atoms with Crippen LogP contribution in [0.5, 0.6) is 0 Å². The number of H-pyrrole nitrogens is 1. The second kappa shape index (κ2) is 9.97. The maximum Gasteiger partial charge on any atom is 0.259 e. The standard InChI is InChI=1S/C27H34N6O/c1-18(2)10-14-33-17-22(16-30-33)24-15-21-9-13-29-27(34)25(21)26(32-24)31-23-5-3-19(4-6-23)20-7-11-28-12-8-20/h3-6,9,13,15-16,18,20,22,28H,7-8,10-12,14,17H2,1-2H3,(H,29,34)(H,31,32). The number of nitrogens with zero attached hydrogens (tertiary/aromatic N) is 3. The average molecular weight is 459 g/mol. The molecule has 1 unspecified atom stereocenters. The lowest BCUT2D eigenvalue weighted by molar-refractivity contribution is 0.288. The first kappa shape index (κ1) is 22.6. The molecule has 1 aromatic carbocycles. The van der Waals surface area contributed by atoms with E-state index in [1.54, 1.807) is 6.20 Å². The zero-order chi connectivity index (χ0) is 23.5. The monoisotopic (exact) mass is 458 g/mol. The van der Waals surface area contributed by atoms with Gasteiger partial charge in [0, 0.05) is 31.2 Å². The van der Waals surface area contributed by atoms with Crippen molar-refractivity contribution >= 4 is 28.5 Å². The number of aromatic amines is 1. The lowest BCUT2D eigenvalue weighted by Crippen LogP contribution is -2.26. The number of rotatable bonds is 7. The molecule has 1 atom stereocenters. The maximum atomic E-state index is 12.7. The van der Waals surface area contributed by atoms with Crippen LogP contribution in [-0.4, -0.2) is 47.4 Å². The van der Waals surface area contributed by atoms with E-state index in [0.29, 0.717) is 23.0 Å². The van der Waals surface area contributed by atoms with Crippen LogP contribution in [0.3, 0.4) is 0 Å². The summed E-state index contributed by atoms with van der Waals surface area (Å²) in [5.41, 5.74) is 3.11. The number of piperidine rings is 1. The predicted octanol–water partition coefficient (Wildman–Crippen LogP) is 4.56. The van der Waals surface area contributed by atoms with Crippen LogP contribution < -0.4 is 16.2 Å². The molecule has 0 bridgehead atoms. The Morgan fingerprint density at radius 1 is 1.15 bits per heavy atom. The van der Waals surface area contributed by atoms with Crippen molar-refractivity contribution in [2.24, 2.45) is 11.0 Å². The fourth-order valence-electron chi connectivity index (χ4n) is 4.87. The summed E-state index contributed by atoms with van der Waals surface area (Å²) in [6, 6.07) is 12.6. The van der Waals surface area contributed by atoms with Gasteiger partial charge in [-0.3, -0.25) is 9.80 Å². The van der Waals surface area contributed by atoms with Crippen LogP contribution in [0.15, 0.2) is 52.5 Å². The normalized spacial score (nSPS) is 18.8. The first-order chi connectivity index (χ1) is 16.6. The summed E-state index contributed by atoms with van der Waals surface area (Å²) in [6.07, 6.45) is 7.15. The Morgan fingerprint density at radius 2 is 1.94 bits per heavy atom. The summed E-state index contributed by atoms with van der Waals surface area (Å²) in [4.78, 5) is 20.4. The van der Waals surface area contributed by atoms with E-state index < -0.39 is 0 Å². The Morgan fingerprint density at radius 3 is 2.71 bits per heavy atom. The van der Waals surface area contributed by atoms with Crippen LogP contribution in [0.25, 0.3) is 10.8 Å². The molecule has 4 heterocycles. The van der Waals surface area contributed by atoms with Gasteiger partial charge in [-0.05, 0) is 79.4 Å². The highest BCUT2D eigenvalue weighted by Crippen LogP contribution is 2.30. The van der Waals surface area contributed by atoms with Crippen molar-refractivity contribution in [3.63, 3.8) is 0 Å². The molecule has 0 spiro atoms. The maximum absolute atomic E-state index is 12.7. The Hall–Kier alpha value is -3.19. The molecule has 0 saturated carbocycles. The molecule has 1 saturated heterocycles. The Labute approximate surface area is 200 Å². The van der Waals surface area contributed by atoms with Gasteiger partial charge in [0.25, 0.3) is 5.56 Å². The van der Waals surface area contributed by atoms with Crippen LogP contribution in [-0.2, 0) is 0 Å². The number of aromatic nitrogens is 2. The number of anilines is 2. The van der Waals surface area contributed by atoms with E-state index in [2.05, 4.69) is 63.8 Å². The van der Waals surface area contributed by atoms with Crippen molar-refractivity contribution in [2.75, 3.05) is 31.5 Å². The van der Waals surface area contributed by atoms with Gasteiger partial charge in [0.2, 0.25) is 0 Å². The minimum absolute atomic E-state index is 0.110. The van der Waals surface area contributed by atoms with Gasteiger partial charge in [0.05, 0.1) is 17.0 Å². The largest absolute Gasteiger partial charge is 0.340 e. The molecule has 7 nitrogen and oxygen atoms in total. The fraction of sp³-hybridized carbons (Fsp3) is 0.444. The molecule has 3 N–H and O–H groups in total. The third kappa shape index (κ3) is 4.99. The summed E-state index contributed by atoms with van der Waals surface area (Å²) in [6.45, 7) is 8.39. The van der Waals surface area contributed by atoms with E-state index >= 15 is 0 Å². The molecule has 2 aromatic heterocycles. The number of nitrogens with one attached hydrogen (secondary N) is 3. The van der Waals surface area contributed by atoms with Gasteiger partial charge in [-0.1, -0.05) is 26.0 Å². The van der Waals surface area contributed by atoms with Crippen LogP contribution in [0.2, 0.25) is 0 Å². The SMILES string of the molecule is CC(C)CCN1CC(c2cc3cc[nH]c(=O)c3c(Nc3ccc(C4CCNCC4)cc3)n2)C=N1. The minimum atomic E-state index is -0.135. The summed E-state index contributed by atoms with van der Waals surface area (Å²) in [5, 5.41) is 15.1. The highest BCUT2D eigenvalue weighted by molar-refractivity contribution is 5.93. The molecule has 7 heteroatoms. The minimum Gasteiger partial charge on any atom is -0.340 e. The summed E-state index contributed by atoms with van der Waals surface area (Å²) < 4.78 is 0. The second-order valence-corrected chi connectivity index (χ2v) is 9.90. The predicted molar refractivity (Wildman–Crippen MR) is 139 cm³/mol. The molecular weight excluding hydrogens is 424 g/mol. The molecule has 1 fully saturated rings. The third-order valence-electron chi connectivity index (χ3n) is 6.92. The highest BCUT2D eigenvalue weighted by Gasteiger charge is 2.23. The van der Waals surface area contributed by atoms with Gasteiger partial charge in [-0.25, -0.2) is 4.98 Å². The fourth-order valence-corrected chi connectivity index (χ4v) is 4.87. The summed E-state index contributed by atoms with van der Waals surface area (Å²) >= 11 is 0. The molecule has 2 aliphatic rings. The summed E-state index contributed by atoms with van der Waals surface area (Å²) in [5.74, 6) is 1.97. The quantitative estimate of drug-likeness (QED) is 0.483. The molecule has 0 aliphatic carbocycles. The molecule has 0 amide bonds. The molecule has 5 rings (SSSR count). The van der Waals surface area contributed by atoms with E-state index in [-0.39, 0.29) is 11.5 Å². The van der Waals surface area contributed by atoms with Crippen molar-refractivity contribution in [2.45, 2.75) is 44.9 Å². The molecule has 0 radical (unpaired) electrons. The number of fused-ring (bicyclic) bond motifs is 1. The van der Waals surface area contributed by atoms with Crippen LogP contribution in [0, 0.1) is 5.92 Å². The third-order valence-corrected chi connectivity index (χ3v) is 6.92. The van der Waals surface area contributed by atoms with Crippen molar-refractivity contribution in [3.8, 4) is 0 Å². The van der Waals surface area contributed by atoms with E-state index in [0.717, 1.165) is 49.4 Å². The van der Waals surface area contributed by atoms with Gasteiger partial charge >= 0.3 is 0 Å². The van der Waals surface area contributed by atoms with Crippen molar-refractivity contribution < 1.29 is 0 Å².